The van der Waals surface area contributed by atoms with Crippen LogP contribution in [0.3, 0.4) is 0 Å². The predicted octanol–water partition coefficient (Wildman–Crippen LogP) is 4.16. The van der Waals surface area contributed by atoms with Gasteiger partial charge in [0, 0.05) is 38.2 Å². The summed E-state index contributed by atoms with van der Waals surface area (Å²) >= 11 is 1.68. The van der Waals surface area contributed by atoms with Crippen LogP contribution in [0.5, 0.6) is 0 Å². The highest BCUT2D eigenvalue weighted by Crippen LogP contribution is 2.31. The fourth-order valence-corrected chi connectivity index (χ4v) is 3.85. The first-order valence-corrected chi connectivity index (χ1v) is 9.93. The fraction of sp³-hybridized carbons (Fsp3) is 0.450. The number of hydrogen-bond acceptors (Lipinski definition) is 5. The lowest BCUT2D eigenvalue weighted by molar-refractivity contribution is 0.0781. The number of thiophene rings is 1. The first-order chi connectivity index (χ1) is 12.9. The van der Waals surface area contributed by atoms with Crippen LogP contribution in [-0.2, 0) is 4.74 Å². The molecule has 7 heteroatoms. The van der Waals surface area contributed by atoms with Crippen molar-refractivity contribution in [3.63, 3.8) is 0 Å². The zero-order valence-electron chi connectivity index (χ0n) is 16.5. The minimum atomic E-state index is -0.0173. The molecule has 0 atom stereocenters. The zero-order chi connectivity index (χ0) is 19.6. The number of amides is 1. The molecule has 0 aliphatic rings. The Labute approximate surface area is 163 Å². The van der Waals surface area contributed by atoms with E-state index in [0.717, 1.165) is 28.0 Å². The predicted molar refractivity (Wildman–Crippen MR) is 109 cm³/mol. The Bertz CT molecular complexity index is 945. The van der Waals surface area contributed by atoms with Crippen molar-refractivity contribution in [2.24, 2.45) is 0 Å². The minimum absolute atomic E-state index is 0.0173. The summed E-state index contributed by atoms with van der Waals surface area (Å²) < 4.78 is 6.97. The van der Waals surface area contributed by atoms with Crippen LogP contribution in [0.25, 0.3) is 21.6 Å². The maximum Gasteiger partial charge on any atom is 0.254 e. The van der Waals surface area contributed by atoms with Gasteiger partial charge < -0.3 is 9.64 Å². The number of aromatic nitrogens is 3. The summed E-state index contributed by atoms with van der Waals surface area (Å²) in [6, 6.07) is 6.19. The Morgan fingerprint density at radius 1 is 1.37 bits per heavy atom. The van der Waals surface area contributed by atoms with Crippen LogP contribution in [0.15, 0.2) is 24.4 Å². The number of ether oxygens (including phenoxy) is 1. The van der Waals surface area contributed by atoms with E-state index in [1.165, 1.54) is 4.88 Å². The van der Waals surface area contributed by atoms with Gasteiger partial charge in [-0.3, -0.25) is 4.79 Å². The SMILES string of the molecule is COCCCN(C)C(=O)c1cc(-c2ccc(C)s2)nc2c1cnn2C(C)C. The molecule has 1 amide bonds. The molecule has 0 aliphatic carbocycles. The molecule has 144 valence electrons. The van der Waals surface area contributed by atoms with E-state index in [-0.39, 0.29) is 11.9 Å². The van der Waals surface area contributed by atoms with Crippen molar-refractivity contribution in [2.75, 3.05) is 27.3 Å². The van der Waals surface area contributed by atoms with E-state index >= 15 is 0 Å². The molecule has 0 aliphatic heterocycles. The van der Waals surface area contributed by atoms with Gasteiger partial charge in [0.15, 0.2) is 5.65 Å². The van der Waals surface area contributed by atoms with Crippen molar-refractivity contribution in [2.45, 2.75) is 33.2 Å². The third-order valence-electron chi connectivity index (χ3n) is 4.47. The van der Waals surface area contributed by atoms with Crippen molar-refractivity contribution in [1.29, 1.82) is 0 Å². The zero-order valence-corrected chi connectivity index (χ0v) is 17.3. The molecular formula is C20H26N4O2S. The number of carbonyl (C=O) groups excluding carboxylic acids is 1. The molecule has 0 N–H and O–H groups in total. The Kier molecular flexibility index (Phi) is 5.92. The van der Waals surface area contributed by atoms with E-state index in [9.17, 15) is 4.79 Å². The Balaban J connectivity index is 2.08. The average molecular weight is 387 g/mol. The molecule has 0 saturated heterocycles. The van der Waals surface area contributed by atoms with Gasteiger partial charge in [0.1, 0.15) is 0 Å². The largest absolute Gasteiger partial charge is 0.385 e. The molecule has 3 heterocycles. The standard InChI is InChI=1S/C20H26N4O2S/c1-13(2)24-19-16(12-21-24)15(20(25)23(4)9-6-10-26-5)11-17(22-19)18-8-7-14(3)27-18/h7-8,11-13H,6,9-10H2,1-5H3. The first kappa shape index (κ1) is 19.5. The molecule has 0 radical (unpaired) electrons. The van der Waals surface area contributed by atoms with E-state index in [1.54, 1.807) is 29.5 Å². The second kappa shape index (κ2) is 8.19. The topological polar surface area (TPSA) is 60.2 Å². The van der Waals surface area contributed by atoms with Crippen LogP contribution in [0, 0.1) is 6.92 Å². The van der Waals surface area contributed by atoms with Crippen molar-refractivity contribution < 1.29 is 9.53 Å². The third kappa shape index (κ3) is 4.04. The van der Waals surface area contributed by atoms with Gasteiger partial charge in [-0.05, 0) is 45.4 Å². The van der Waals surface area contributed by atoms with E-state index in [2.05, 4.69) is 38.0 Å². The molecule has 0 unspecified atom stereocenters. The van der Waals surface area contributed by atoms with Gasteiger partial charge in [0.2, 0.25) is 0 Å². The van der Waals surface area contributed by atoms with Gasteiger partial charge in [-0.1, -0.05) is 0 Å². The molecule has 3 rings (SSSR count). The molecular weight excluding hydrogens is 360 g/mol. The van der Waals surface area contributed by atoms with Gasteiger partial charge in [0.25, 0.3) is 5.91 Å². The highest BCUT2D eigenvalue weighted by Gasteiger charge is 2.21. The first-order valence-electron chi connectivity index (χ1n) is 9.11. The smallest absolute Gasteiger partial charge is 0.254 e. The van der Waals surface area contributed by atoms with Crippen LogP contribution in [0.4, 0.5) is 0 Å². The number of carbonyl (C=O) groups is 1. The highest BCUT2D eigenvalue weighted by atomic mass is 32.1. The monoisotopic (exact) mass is 386 g/mol. The summed E-state index contributed by atoms with van der Waals surface area (Å²) in [5.74, 6) is -0.0173. The number of nitrogens with zero attached hydrogens (tertiary/aromatic N) is 4. The highest BCUT2D eigenvalue weighted by molar-refractivity contribution is 7.15. The summed E-state index contributed by atoms with van der Waals surface area (Å²) in [6.07, 6.45) is 2.55. The lowest BCUT2D eigenvalue weighted by Crippen LogP contribution is -2.28. The van der Waals surface area contributed by atoms with Crippen molar-refractivity contribution in [3.05, 3.63) is 34.8 Å². The Morgan fingerprint density at radius 2 is 2.15 bits per heavy atom. The van der Waals surface area contributed by atoms with E-state index in [0.29, 0.717) is 18.7 Å². The van der Waals surface area contributed by atoms with Crippen LogP contribution in [-0.4, -0.2) is 52.9 Å². The lowest BCUT2D eigenvalue weighted by Gasteiger charge is -2.18. The molecule has 3 aromatic rings. The van der Waals surface area contributed by atoms with Gasteiger partial charge in [-0.25, -0.2) is 9.67 Å². The normalized spacial score (nSPS) is 11.5. The third-order valence-corrected chi connectivity index (χ3v) is 5.49. The summed E-state index contributed by atoms with van der Waals surface area (Å²) in [5, 5.41) is 5.28. The number of pyridine rings is 1. The average Bonchev–Trinajstić information content (AvgIpc) is 3.26. The van der Waals surface area contributed by atoms with E-state index < -0.39 is 0 Å². The van der Waals surface area contributed by atoms with Crippen molar-refractivity contribution in [1.82, 2.24) is 19.7 Å². The molecule has 6 nitrogen and oxygen atoms in total. The summed E-state index contributed by atoms with van der Waals surface area (Å²) in [4.78, 5) is 22.0. The molecule has 0 saturated carbocycles. The number of aryl methyl sites for hydroxylation is 1. The van der Waals surface area contributed by atoms with Crippen molar-refractivity contribution >= 4 is 28.3 Å². The van der Waals surface area contributed by atoms with Crippen molar-refractivity contribution in [3.8, 4) is 10.6 Å². The molecule has 0 fully saturated rings. The fourth-order valence-electron chi connectivity index (χ4n) is 3.02. The van der Waals surface area contributed by atoms with Gasteiger partial charge in [-0.2, -0.15) is 5.10 Å². The summed E-state index contributed by atoms with van der Waals surface area (Å²) in [5.41, 5.74) is 2.21. The summed E-state index contributed by atoms with van der Waals surface area (Å²) in [7, 11) is 3.50. The van der Waals surface area contributed by atoms with Gasteiger partial charge >= 0.3 is 0 Å². The molecule has 27 heavy (non-hydrogen) atoms. The molecule has 0 aromatic carbocycles. The van der Waals surface area contributed by atoms with Crippen LogP contribution in [0.1, 0.15) is 41.5 Å². The minimum Gasteiger partial charge on any atom is -0.385 e. The quantitative estimate of drug-likeness (QED) is 0.572. The lowest BCUT2D eigenvalue weighted by atomic mass is 10.1. The number of fused-ring (bicyclic) bond motifs is 1. The second-order valence-corrected chi connectivity index (χ2v) is 8.25. The Hall–Kier alpha value is -2.25. The van der Waals surface area contributed by atoms with Crippen LogP contribution in [0.2, 0.25) is 0 Å². The maximum absolute atomic E-state index is 13.1. The van der Waals surface area contributed by atoms with Gasteiger partial charge in [-0.15, -0.1) is 11.3 Å². The number of hydrogen-bond donors (Lipinski definition) is 0. The maximum atomic E-state index is 13.1. The summed E-state index contributed by atoms with van der Waals surface area (Å²) in [6.45, 7) is 7.47. The van der Waals surface area contributed by atoms with Gasteiger partial charge in [0.05, 0.1) is 27.7 Å². The molecule has 0 bridgehead atoms. The van der Waals surface area contributed by atoms with E-state index in [4.69, 9.17) is 9.72 Å². The number of rotatable bonds is 7. The molecule has 0 spiro atoms. The Morgan fingerprint density at radius 3 is 2.78 bits per heavy atom. The molecule has 3 aromatic heterocycles. The number of methoxy groups -OCH3 is 1. The van der Waals surface area contributed by atoms with Crippen LogP contribution < -0.4 is 0 Å². The van der Waals surface area contributed by atoms with E-state index in [1.807, 2.05) is 17.8 Å². The second-order valence-electron chi connectivity index (χ2n) is 6.96. The van der Waals surface area contributed by atoms with Crippen LogP contribution >= 0.6 is 11.3 Å².